The lowest BCUT2D eigenvalue weighted by Crippen LogP contribution is -2.38. The van der Waals surface area contributed by atoms with Gasteiger partial charge in [-0.2, -0.15) is 0 Å². The van der Waals surface area contributed by atoms with Gasteiger partial charge in [0.1, 0.15) is 11.9 Å². The van der Waals surface area contributed by atoms with Crippen LogP contribution in [0.15, 0.2) is 60.8 Å². The quantitative estimate of drug-likeness (QED) is 0.679. The van der Waals surface area contributed by atoms with Crippen molar-refractivity contribution in [1.29, 1.82) is 0 Å². The van der Waals surface area contributed by atoms with Gasteiger partial charge < -0.3 is 9.75 Å². The molecule has 0 saturated carbocycles. The van der Waals surface area contributed by atoms with Crippen LogP contribution in [0.1, 0.15) is 23.6 Å². The zero-order chi connectivity index (χ0) is 15.5. The van der Waals surface area contributed by atoms with E-state index in [4.69, 9.17) is 10.6 Å². The van der Waals surface area contributed by atoms with E-state index in [1.54, 1.807) is 5.01 Å². The molecule has 0 bridgehead atoms. The van der Waals surface area contributed by atoms with Crippen molar-refractivity contribution < 1.29 is 4.74 Å². The number of ether oxygens (including phenoxy) is 1. The van der Waals surface area contributed by atoms with Crippen molar-refractivity contribution in [2.45, 2.75) is 25.9 Å². The zero-order valence-electron chi connectivity index (χ0n) is 13.0. The number of hydrogen-bond donors (Lipinski definition) is 1. The number of hydrazine groups is 1. The van der Waals surface area contributed by atoms with Crippen LogP contribution < -0.4 is 10.6 Å². The molecule has 0 amide bonds. The molecule has 22 heavy (non-hydrogen) atoms. The first kappa shape index (κ1) is 14.7. The van der Waals surface area contributed by atoms with Gasteiger partial charge in [0.15, 0.2) is 0 Å². The van der Waals surface area contributed by atoms with Crippen LogP contribution in [0.5, 0.6) is 5.75 Å². The Morgan fingerprint density at radius 3 is 2.73 bits per heavy atom. The molecule has 1 aliphatic rings. The van der Waals surface area contributed by atoms with E-state index in [9.17, 15) is 0 Å². The largest absolute Gasteiger partial charge is 0.488 e. The third-order valence-corrected chi connectivity index (χ3v) is 4.01. The first-order valence-corrected chi connectivity index (χ1v) is 7.62. The van der Waals surface area contributed by atoms with Crippen LogP contribution in [0.2, 0.25) is 0 Å². The summed E-state index contributed by atoms with van der Waals surface area (Å²) < 4.78 is 5.97. The van der Waals surface area contributed by atoms with Gasteiger partial charge >= 0.3 is 0 Å². The number of fused-ring (bicyclic) bond motifs is 1. The summed E-state index contributed by atoms with van der Waals surface area (Å²) in [5.41, 5.74) is 4.77. The smallest absolute Gasteiger partial charge is 0.123 e. The van der Waals surface area contributed by atoms with E-state index in [1.807, 2.05) is 13.0 Å². The van der Waals surface area contributed by atoms with E-state index in [0.29, 0.717) is 6.54 Å². The number of nitrogens with two attached hydrogens (primary N) is 1. The van der Waals surface area contributed by atoms with Gasteiger partial charge in [-0.15, -0.1) is 0 Å². The third kappa shape index (κ3) is 3.31. The van der Waals surface area contributed by atoms with E-state index in [0.717, 1.165) is 24.3 Å². The predicted molar refractivity (Wildman–Crippen MR) is 89.5 cm³/mol. The second-order valence-electron chi connectivity index (χ2n) is 5.94. The van der Waals surface area contributed by atoms with E-state index in [1.165, 1.54) is 16.7 Å². The van der Waals surface area contributed by atoms with E-state index in [-0.39, 0.29) is 6.10 Å². The Kier molecular flexibility index (Phi) is 4.16. The van der Waals surface area contributed by atoms with Crippen molar-refractivity contribution in [2.75, 3.05) is 6.54 Å². The van der Waals surface area contributed by atoms with Gasteiger partial charge in [0.05, 0.1) is 6.54 Å². The van der Waals surface area contributed by atoms with Gasteiger partial charge in [-0.3, -0.25) is 0 Å². The Morgan fingerprint density at radius 1 is 1.23 bits per heavy atom. The van der Waals surface area contributed by atoms with Gasteiger partial charge in [0, 0.05) is 12.1 Å². The fraction of sp³-hybridized carbons (Fsp3) is 0.263. The van der Waals surface area contributed by atoms with E-state index >= 15 is 0 Å². The minimum atomic E-state index is 0.101. The normalized spacial score (nSPS) is 16.0. The van der Waals surface area contributed by atoms with Crippen molar-refractivity contribution in [2.24, 2.45) is 5.84 Å². The van der Waals surface area contributed by atoms with Crippen molar-refractivity contribution in [1.82, 2.24) is 5.01 Å². The average molecular weight is 294 g/mol. The molecular weight excluding hydrogens is 272 g/mol. The van der Waals surface area contributed by atoms with E-state index in [2.05, 4.69) is 49.0 Å². The highest BCUT2D eigenvalue weighted by Gasteiger charge is 2.24. The van der Waals surface area contributed by atoms with Crippen molar-refractivity contribution in [3.63, 3.8) is 0 Å². The standard InChI is InChI=1S/C19H22N2O/c1-14(2)21(20)13-18-12-17-11-16(8-9-19(17)22-18)10-15-6-4-3-5-7-15/h3-9,11,18H,1,10,12-13,20H2,2H3. The summed E-state index contributed by atoms with van der Waals surface area (Å²) in [7, 11) is 0. The molecule has 2 aromatic rings. The minimum absolute atomic E-state index is 0.101. The van der Waals surface area contributed by atoms with Gasteiger partial charge in [0.25, 0.3) is 0 Å². The number of hydrogen-bond acceptors (Lipinski definition) is 3. The molecule has 1 heterocycles. The van der Waals surface area contributed by atoms with Crippen molar-refractivity contribution in [3.8, 4) is 5.75 Å². The maximum atomic E-state index is 5.97. The summed E-state index contributed by atoms with van der Waals surface area (Å²) in [5, 5.41) is 1.65. The van der Waals surface area contributed by atoms with Crippen LogP contribution in [0.4, 0.5) is 0 Å². The Morgan fingerprint density at radius 2 is 2.00 bits per heavy atom. The molecule has 3 heteroatoms. The molecule has 2 aromatic carbocycles. The SMILES string of the molecule is C=C(C)N(N)CC1Cc2cc(Cc3ccccc3)ccc2O1. The number of allylic oxidation sites excluding steroid dienone is 1. The van der Waals surface area contributed by atoms with Crippen LogP contribution in [-0.2, 0) is 12.8 Å². The molecule has 0 radical (unpaired) electrons. The molecule has 0 aliphatic carbocycles. The van der Waals surface area contributed by atoms with Gasteiger partial charge in [-0.05, 0) is 36.1 Å². The molecular formula is C19H22N2O. The summed E-state index contributed by atoms with van der Waals surface area (Å²) in [6.45, 7) is 6.42. The fourth-order valence-corrected chi connectivity index (χ4v) is 2.79. The van der Waals surface area contributed by atoms with Crippen LogP contribution in [-0.4, -0.2) is 17.7 Å². The van der Waals surface area contributed by atoms with Crippen LogP contribution in [0.3, 0.4) is 0 Å². The molecule has 3 nitrogen and oxygen atoms in total. The first-order chi connectivity index (χ1) is 10.6. The average Bonchev–Trinajstić information content (AvgIpc) is 2.89. The molecule has 0 fully saturated rings. The van der Waals surface area contributed by atoms with Gasteiger partial charge in [-0.25, -0.2) is 5.84 Å². The predicted octanol–water partition coefficient (Wildman–Crippen LogP) is 3.29. The molecule has 3 rings (SSSR count). The molecule has 0 spiro atoms. The van der Waals surface area contributed by atoms with Crippen LogP contribution in [0, 0.1) is 0 Å². The number of rotatable bonds is 5. The summed E-state index contributed by atoms with van der Waals surface area (Å²) >= 11 is 0. The van der Waals surface area contributed by atoms with Crippen molar-refractivity contribution in [3.05, 3.63) is 77.5 Å². The highest BCUT2D eigenvalue weighted by molar-refractivity contribution is 5.42. The summed E-state index contributed by atoms with van der Waals surface area (Å²) in [6.07, 6.45) is 1.95. The van der Waals surface area contributed by atoms with Crippen LogP contribution >= 0.6 is 0 Å². The maximum absolute atomic E-state index is 5.97. The molecule has 114 valence electrons. The Balaban J connectivity index is 1.68. The lowest BCUT2D eigenvalue weighted by molar-refractivity contribution is 0.174. The van der Waals surface area contributed by atoms with Gasteiger partial charge in [0.2, 0.25) is 0 Å². The summed E-state index contributed by atoms with van der Waals surface area (Å²) in [5.74, 6) is 6.90. The fourth-order valence-electron chi connectivity index (χ4n) is 2.79. The third-order valence-electron chi connectivity index (χ3n) is 4.01. The molecule has 1 unspecified atom stereocenters. The maximum Gasteiger partial charge on any atom is 0.123 e. The zero-order valence-corrected chi connectivity index (χ0v) is 13.0. The summed E-state index contributed by atoms with van der Waals surface area (Å²) in [4.78, 5) is 0. The molecule has 0 aromatic heterocycles. The Bertz CT molecular complexity index is 666. The molecule has 1 aliphatic heterocycles. The minimum Gasteiger partial charge on any atom is -0.488 e. The van der Waals surface area contributed by atoms with E-state index < -0.39 is 0 Å². The Hall–Kier alpha value is -2.26. The molecule has 2 N–H and O–H groups in total. The second-order valence-corrected chi connectivity index (χ2v) is 5.94. The highest BCUT2D eigenvalue weighted by Crippen LogP contribution is 2.30. The number of benzene rings is 2. The van der Waals surface area contributed by atoms with Gasteiger partial charge in [-0.1, -0.05) is 49.0 Å². The van der Waals surface area contributed by atoms with Crippen molar-refractivity contribution >= 4 is 0 Å². The lowest BCUT2D eigenvalue weighted by atomic mass is 10.0. The number of nitrogens with zero attached hydrogens (tertiary/aromatic N) is 1. The summed E-state index contributed by atoms with van der Waals surface area (Å²) in [6, 6.07) is 17.0. The monoisotopic (exact) mass is 294 g/mol. The first-order valence-electron chi connectivity index (χ1n) is 7.62. The molecule has 0 saturated heterocycles. The second kappa shape index (κ2) is 6.24. The van der Waals surface area contributed by atoms with Crippen LogP contribution in [0.25, 0.3) is 0 Å². The topological polar surface area (TPSA) is 38.5 Å². The molecule has 1 atom stereocenters. The lowest BCUT2D eigenvalue weighted by Gasteiger charge is -2.21. The highest BCUT2D eigenvalue weighted by atomic mass is 16.5. The Labute approximate surface area is 132 Å².